The third-order valence-electron chi connectivity index (χ3n) is 2.65. The molecule has 0 spiro atoms. The summed E-state index contributed by atoms with van der Waals surface area (Å²) in [5.41, 5.74) is 1.19. The number of hydrogen-bond donors (Lipinski definition) is 0. The molecule has 0 radical (unpaired) electrons. The highest BCUT2D eigenvalue weighted by atomic mass is 32.1. The van der Waals surface area contributed by atoms with Crippen LogP contribution in [0.25, 0.3) is 0 Å². The van der Waals surface area contributed by atoms with Crippen LogP contribution in [0, 0.1) is 5.92 Å². The van der Waals surface area contributed by atoms with Crippen molar-refractivity contribution in [2.24, 2.45) is 5.92 Å². The molecule has 1 fully saturated rings. The minimum Gasteiger partial charge on any atom is -0.381 e. The highest BCUT2D eigenvalue weighted by Gasteiger charge is 2.26. The maximum absolute atomic E-state index is 12.0. The number of thiophene rings is 1. The van der Waals surface area contributed by atoms with Gasteiger partial charge in [-0.25, -0.2) is 0 Å². The van der Waals surface area contributed by atoms with Crippen molar-refractivity contribution in [1.82, 2.24) is 0 Å². The summed E-state index contributed by atoms with van der Waals surface area (Å²) >= 11 is 1.56. The van der Waals surface area contributed by atoms with Crippen molar-refractivity contribution in [3.05, 3.63) is 21.9 Å². The molecule has 14 heavy (non-hydrogen) atoms. The number of carbonyl (C=O) groups is 1. The summed E-state index contributed by atoms with van der Waals surface area (Å²) in [6.07, 6.45) is 1.83. The van der Waals surface area contributed by atoms with Crippen LogP contribution in [0.3, 0.4) is 0 Å². The van der Waals surface area contributed by atoms with Gasteiger partial charge in [0.05, 0.1) is 11.5 Å². The Morgan fingerprint density at radius 2 is 2.57 bits per heavy atom. The van der Waals surface area contributed by atoms with Crippen molar-refractivity contribution in [2.45, 2.75) is 19.8 Å². The van der Waals surface area contributed by atoms with Gasteiger partial charge in [-0.1, -0.05) is 6.92 Å². The first-order valence-electron chi connectivity index (χ1n) is 5.01. The second kappa shape index (κ2) is 4.24. The van der Waals surface area contributed by atoms with E-state index in [4.69, 9.17) is 4.74 Å². The minimum absolute atomic E-state index is 0.110. The number of ketones is 1. The van der Waals surface area contributed by atoms with E-state index in [0.717, 1.165) is 24.3 Å². The molecule has 76 valence electrons. The van der Waals surface area contributed by atoms with Crippen molar-refractivity contribution in [3.63, 3.8) is 0 Å². The van der Waals surface area contributed by atoms with Crippen LogP contribution in [0.4, 0.5) is 0 Å². The molecule has 1 aromatic rings. The zero-order valence-corrected chi connectivity index (χ0v) is 9.10. The van der Waals surface area contributed by atoms with E-state index < -0.39 is 0 Å². The minimum atomic E-state index is 0.110. The lowest BCUT2D eigenvalue weighted by Crippen LogP contribution is -2.14. The lowest BCUT2D eigenvalue weighted by atomic mass is 10.00. The Morgan fingerprint density at radius 1 is 1.71 bits per heavy atom. The van der Waals surface area contributed by atoms with Gasteiger partial charge in [0.25, 0.3) is 0 Å². The van der Waals surface area contributed by atoms with E-state index in [1.807, 2.05) is 11.4 Å². The lowest BCUT2D eigenvalue weighted by molar-refractivity contribution is 0.0903. The predicted octanol–water partition coefficient (Wildman–Crippen LogP) is 2.53. The quantitative estimate of drug-likeness (QED) is 0.717. The van der Waals surface area contributed by atoms with Crippen molar-refractivity contribution in [2.75, 3.05) is 13.2 Å². The Labute approximate surface area is 87.9 Å². The summed E-state index contributed by atoms with van der Waals surface area (Å²) < 4.78 is 5.23. The van der Waals surface area contributed by atoms with Crippen LogP contribution in [0.5, 0.6) is 0 Å². The van der Waals surface area contributed by atoms with E-state index in [2.05, 4.69) is 6.92 Å². The number of carbonyl (C=O) groups excluding carboxylic acids is 1. The van der Waals surface area contributed by atoms with Crippen LogP contribution in [-0.4, -0.2) is 19.0 Å². The molecule has 2 nitrogen and oxygen atoms in total. The number of hydrogen-bond acceptors (Lipinski definition) is 3. The van der Waals surface area contributed by atoms with Gasteiger partial charge >= 0.3 is 0 Å². The van der Waals surface area contributed by atoms with E-state index in [-0.39, 0.29) is 11.7 Å². The zero-order valence-electron chi connectivity index (χ0n) is 8.29. The van der Waals surface area contributed by atoms with E-state index in [9.17, 15) is 4.79 Å². The first-order chi connectivity index (χ1) is 6.83. The van der Waals surface area contributed by atoms with Gasteiger partial charge in [-0.05, 0) is 29.9 Å². The molecule has 1 aromatic heterocycles. The molecule has 1 aliphatic rings. The topological polar surface area (TPSA) is 26.3 Å². The predicted molar refractivity (Wildman–Crippen MR) is 57.0 cm³/mol. The molecule has 0 aromatic carbocycles. The van der Waals surface area contributed by atoms with E-state index in [0.29, 0.717) is 6.61 Å². The Hall–Kier alpha value is -0.670. The fraction of sp³-hybridized carbons (Fsp3) is 0.545. The van der Waals surface area contributed by atoms with Crippen LogP contribution in [-0.2, 0) is 11.2 Å². The van der Waals surface area contributed by atoms with Gasteiger partial charge in [-0.3, -0.25) is 4.79 Å². The average Bonchev–Trinajstić information content (AvgIpc) is 2.87. The number of ether oxygens (including phenoxy) is 1. The summed E-state index contributed by atoms with van der Waals surface area (Å²) in [6, 6.07) is 2.05. The molecule has 0 N–H and O–H groups in total. The Balaban J connectivity index is 2.17. The molecule has 3 heteroatoms. The van der Waals surface area contributed by atoms with Crippen LogP contribution in [0.2, 0.25) is 0 Å². The first-order valence-corrected chi connectivity index (χ1v) is 5.89. The van der Waals surface area contributed by atoms with Gasteiger partial charge < -0.3 is 4.74 Å². The van der Waals surface area contributed by atoms with Crippen LogP contribution in [0.15, 0.2) is 11.4 Å². The average molecular weight is 210 g/mol. The third-order valence-corrected chi connectivity index (χ3v) is 3.62. The van der Waals surface area contributed by atoms with E-state index in [1.54, 1.807) is 11.3 Å². The van der Waals surface area contributed by atoms with Crippen molar-refractivity contribution in [3.8, 4) is 0 Å². The van der Waals surface area contributed by atoms with Gasteiger partial charge in [0, 0.05) is 12.5 Å². The summed E-state index contributed by atoms with van der Waals surface area (Å²) in [6.45, 7) is 3.44. The standard InChI is InChI=1S/C11H14O2S/c1-2-8-4-6-14-11(8)10(12)9-3-5-13-7-9/h4,6,9H,2-3,5,7H2,1H3. The summed E-state index contributed by atoms with van der Waals surface area (Å²) in [4.78, 5) is 13.0. The zero-order chi connectivity index (χ0) is 9.97. The lowest BCUT2D eigenvalue weighted by Gasteiger charge is -2.05. The Morgan fingerprint density at radius 3 is 3.21 bits per heavy atom. The molecule has 0 aliphatic carbocycles. The van der Waals surface area contributed by atoms with Crippen LogP contribution in [0.1, 0.15) is 28.6 Å². The van der Waals surface area contributed by atoms with Crippen LogP contribution >= 0.6 is 11.3 Å². The molecule has 1 unspecified atom stereocenters. The smallest absolute Gasteiger partial charge is 0.178 e. The molecular weight excluding hydrogens is 196 g/mol. The highest BCUT2D eigenvalue weighted by molar-refractivity contribution is 7.12. The van der Waals surface area contributed by atoms with Crippen molar-refractivity contribution >= 4 is 17.1 Å². The molecule has 1 saturated heterocycles. The second-order valence-electron chi connectivity index (χ2n) is 3.55. The summed E-state index contributed by atoms with van der Waals surface area (Å²) in [5, 5.41) is 2.00. The Kier molecular flexibility index (Phi) is 2.99. The van der Waals surface area contributed by atoms with Crippen LogP contribution < -0.4 is 0 Å². The van der Waals surface area contributed by atoms with Gasteiger partial charge in [-0.2, -0.15) is 0 Å². The summed E-state index contributed by atoms with van der Waals surface area (Å²) in [7, 11) is 0. The molecule has 1 atom stereocenters. The maximum atomic E-state index is 12.0. The third kappa shape index (κ3) is 1.74. The molecule has 0 bridgehead atoms. The molecule has 2 rings (SSSR count). The molecule has 2 heterocycles. The fourth-order valence-corrected chi connectivity index (χ4v) is 2.77. The molecule has 1 aliphatic heterocycles. The SMILES string of the molecule is CCc1ccsc1C(=O)C1CCOC1. The number of aryl methyl sites for hydroxylation is 1. The molecular formula is C11H14O2S. The van der Waals surface area contributed by atoms with Crippen molar-refractivity contribution < 1.29 is 9.53 Å². The van der Waals surface area contributed by atoms with Gasteiger partial charge in [0.15, 0.2) is 5.78 Å². The molecule has 0 amide bonds. The van der Waals surface area contributed by atoms with Crippen molar-refractivity contribution in [1.29, 1.82) is 0 Å². The van der Waals surface area contributed by atoms with Gasteiger partial charge in [0.1, 0.15) is 0 Å². The van der Waals surface area contributed by atoms with E-state index in [1.165, 1.54) is 5.56 Å². The highest BCUT2D eigenvalue weighted by Crippen LogP contribution is 2.25. The number of Topliss-reactive ketones (excluding diaryl/α,β-unsaturated/α-hetero) is 1. The maximum Gasteiger partial charge on any atom is 0.178 e. The second-order valence-corrected chi connectivity index (χ2v) is 4.47. The van der Waals surface area contributed by atoms with E-state index >= 15 is 0 Å². The molecule has 0 saturated carbocycles. The van der Waals surface area contributed by atoms with Gasteiger partial charge in [0.2, 0.25) is 0 Å². The normalized spacial score (nSPS) is 21.4. The Bertz CT molecular complexity index is 324. The summed E-state index contributed by atoms with van der Waals surface area (Å²) in [5.74, 6) is 0.397. The largest absolute Gasteiger partial charge is 0.381 e. The fourth-order valence-electron chi connectivity index (χ4n) is 1.76. The van der Waals surface area contributed by atoms with Gasteiger partial charge in [-0.15, -0.1) is 11.3 Å². The monoisotopic (exact) mass is 210 g/mol. The number of rotatable bonds is 3. The first kappa shape index (κ1) is 9.87.